The summed E-state index contributed by atoms with van der Waals surface area (Å²) in [6, 6.07) is 40.4. The van der Waals surface area contributed by atoms with Crippen LogP contribution in [0.3, 0.4) is 0 Å². The lowest BCUT2D eigenvalue weighted by molar-refractivity contribution is 0.669. The number of furan rings is 1. The fourth-order valence-corrected chi connectivity index (χ4v) is 5.29. The van der Waals surface area contributed by atoms with Crippen LogP contribution >= 0.6 is 0 Å². The third-order valence-electron chi connectivity index (χ3n) is 7.50. The normalized spacial score (nSPS) is 11.3. The van der Waals surface area contributed by atoms with Crippen LogP contribution in [-0.4, -0.2) is 24.9 Å². The average Bonchev–Trinajstić information content (AvgIpc) is 3.46. The maximum Gasteiger partial charge on any atom is 0.164 e. The van der Waals surface area contributed by atoms with Crippen molar-refractivity contribution in [1.82, 2.24) is 24.9 Å². The molecular weight excluding hydrogens is 530 g/mol. The zero-order chi connectivity index (χ0) is 28.6. The van der Waals surface area contributed by atoms with E-state index in [0.29, 0.717) is 17.5 Å². The number of aromatic nitrogens is 5. The molecule has 6 nitrogen and oxygen atoms in total. The SMILES string of the molecule is c1ccc(-c2nc(-c3ccccc3)nc(-c3ccc4oc5ccc(-c6ccc(-c7ccncc7)nc6)cc5c4c3)n2)cc1. The van der Waals surface area contributed by atoms with E-state index in [2.05, 4.69) is 29.2 Å². The lowest BCUT2D eigenvalue weighted by Crippen LogP contribution is -2.00. The Balaban J connectivity index is 1.23. The molecule has 4 aromatic heterocycles. The molecule has 0 N–H and O–H groups in total. The largest absolute Gasteiger partial charge is 0.456 e. The topological polar surface area (TPSA) is 77.6 Å². The minimum atomic E-state index is 0.607. The molecule has 43 heavy (non-hydrogen) atoms. The third kappa shape index (κ3) is 4.71. The Hall–Kier alpha value is -6.01. The van der Waals surface area contributed by atoms with Crippen molar-refractivity contribution in [2.45, 2.75) is 0 Å². The third-order valence-corrected chi connectivity index (χ3v) is 7.50. The van der Waals surface area contributed by atoms with Gasteiger partial charge in [-0.05, 0) is 54.1 Å². The first-order chi connectivity index (χ1) is 21.3. The number of hydrogen-bond donors (Lipinski definition) is 0. The number of rotatable bonds is 5. The summed E-state index contributed by atoms with van der Waals surface area (Å²) in [4.78, 5) is 23.4. The minimum Gasteiger partial charge on any atom is -0.456 e. The van der Waals surface area contributed by atoms with E-state index in [1.54, 1.807) is 12.4 Å². The van der Waals surface area contributed by atoms with Crippen molar-refractivity contribution in [3.8, 4) is 56.5 Å². The van der Waals surface area contributed by atoms with Gasteiger partial charge in [0.1, 0.15) is 11.2 Å². The van der Waals surface area contributed by atoms with Crippen LogP contribution in [-0.2, 0) is 0 Å². The van der Waals surface area contributed by atoms with Crippen molar-refractivity contribution < 1.29 is 4.42 Å². The molecule has 0 saturated heterocycles. The van der Waals surface area contributed by atoms with Gasteiger partial charge in [0.25, 0.3) is 0 Å². The van der Waals surface area contributed by atoms with E-state index in [9.17, 15) is 0 Å². The molecule has 0 fully saturated rings. The molecule has 0 bridgehead atoms. The van der Waals surface area contributed by atoms with Crippen molar-refractivity contribution in [1.29, 1.82) is 0 Å². The molecule has 8 aromatic rings. The Kier molecular flexibility index (Phi) is 6.01. The predicted molar refractivity (Wildman–Crippen MR) is 170 cm³/mol. The smallest absolute Gasteiger partial charge is 0.164 e. The van der Waals surface area contributed by atoms with E-state index in [0.717, 1.165) is 61.0 Å². The van der Waals surface area contributed by atoms with E-state index in [4.69, 9.17) is 24.4 Å². The molecule has 0 unspecified atom stereocenters. The first-order valence-electron chi connectivity index (χ1n) is 14.0. The summed E-state index contributed by atoms with van der Waals surface area (Å²) in [7, 11) is 0. The molecule has 0 amide bonds. The van der Waals surface area contributed by atoms with E-state index in [1.165, 1.54) is 0 Å². The fourth-order valence-electron chi connectivity index (χ4n) is 5.29. The lowest BCUT2D eigenvalue weighted by Gasteiger charge is -2.08. The van der Waals surface area contributed by atoms with Crippen molar-refractivity contribution in [2.24, 2.45) is 0 Å². The van der Waals surface area contributed by atoms with E-state index < -0.39 is 0 Å². The van der Waals surface area contributed by atoms with Gasteiger partial charge in [-0.2, -0.15) is 0 Å². The molecule has 202 valence electrons. The van der Waals surface area contributed by atoms with Crippen molar-refractivity contribution >= 4 is 21.9 Å². The van der Waals surface area contributed by atoms with Gasteiger partial charge in [-0.3, -0.25) is 9.97 Å². The number of nitrogens with zero attached hydrogens (tertiary/aromatic N) is 5. The monoisotopic (exact) mass is 553 g/mol. The highest BCUT2D eigenvalue weighted by atomic mass is 16.3. The highest BCUT2D eigenvalue weighted by Gasteiger charge is 2.15. The van der Waals surface area contributed by atoms with Crippen LogP contribution in [0.5, 0.6) is 0 Å². The molecule has 0 radical (unpaired) electrons. The van der Waals surface area contributed by atoms with E-state index in [1.807, 2.05) is 103 Å². The van der Waals surface area contributed by atoms with Gasteiger partial charge in [0.05, 0.1) is 5.69 Å². The Morgan fingerprint density at radius 2 is 0.953 bits per heavy atom. The zero-order valence-corrected chi connectivity index (χ0v) is 22.9. The molecule has 4 aromatic carbocycles. The van der Waals surface area contributed by atoms with E-state index in [-0.39, 0.29) is 0 Å². The second-order valence-corrected chi connectivity index (χ2v) is 10.2. The van der Waals surface area contributed by atoms with Crippen molar-refractivity contribution in [2.75, 3.05) is 0 Å². The Morgan fingerprint density at radius 3 is 1.53 bits per heavy atom. The summed E-state index contributed by atoms with van der Waals surface area (Å²) in [5.74, 6) is 1.87. The summed E-state index contributed by atoms with van der Waals surface area (Å²) in [6.45, 7) is 0. The highest BCUT2D eigenvalue weighted by Crippen LogP contribution is 2.35. The molecule has 0 aliphatic heterocycles. The van der Waals surface area contributed by atoms with E-state index >= 15 is 0 Å². The van der Waals surface area contributed by atoms with Crippen LogP contribution < -0.4 is 0 Å². The second kappa shape index (κ2) is 10.4. The molecule has 0 atom stereocenters. The Morgan fingerprint density at radius 1 is 0.419 bits per heavy atom. The molecule has 4 heterocycles. The summed E-state index contributed by atoms with van der Waals surface area (Å²) < 4.78 is 6.22. The number of fused-ring (bicyclic) bond motifs is 3. The number of benzene rings is 4. The molecule has 6 heteroatoms. The van der Waals surface area contributed by atoms with Crippen LogP contribution in [0.25, 0.3) is 78.5 Å². The van der Waals surface area contributed by atoms with Gasteiger partial charge >= 0.3 is 0 Å². The van der Waals surface area contributed by atoms with Gasteiger partial charge in [0, 0.05) is 57.2 Å². The van der Waals surface area contributed by atoms with Gasteiger partial charge in [0.2, 0.25) is 0 Å². The average molecular weight is 554 g/mol. The maximum absolute atomic E-state index is 6.22. The second-order valence-electron chi connectivity index (χ2n) is 10.2. The molecule has 0 saturated carbocycles. The lowest BCUT2D eigenvalue weighted by atomic mass is 10.0. The summed E-state index contributed by atoms with van der Waals surface area (Å²) in [5, 5.41) is 2.02. The van der Waals surface area contributed by atoms with Crippen LogP contribution in [0.2, 0.25) is 0 Å². The number of pyridine rings is 2. The van der Waals surface area contributed by atoms with Gasteiger partial charge in [-0.1, -0.05) is 72.8 Å². The van der Waals surface area contributed by atoms with Gasteiger partial charge < -0.3 is 4.42 Å². The first kappa shape index (κ1) is 24.8. The van der Waals surface area contributed by atoms with Crippen LogP contribution in [0.4, 0.5) is 0 Å². The summed E-state index contributed by atoms with van der Waals surface area (Å²) in [6.07, 6.45) is 5.46. The number of hydrogen-bond acceptors (Lipinski definition) is 6. The zero-order valence-electron chi connectivity index (χ0n) is 22.9. The van der Waals surface area contributed by atoms with Crippen molar-refractivity contribution in [3.05, 3.63) is 140 Å². The molecule has 0 aliphatic carbocycles. The van der Waals surface area contributed by atoms with Gasteiger partial charge in [-0.25, -0.2) is 15.0 Å². The minimum absolute atomic E-state index is 0.607. The molecular formula is C37H23N5O. The first-order valence-corrected chi connectivity index (χ1v) is 14.0. The van der Waals surface area contributed by atoms with Crippen LogP contribution in [0.15, 0.2) is 144 Å². The standard InChI is InChI=1S/C37H23N5O/c1-3-7-25(8-4-1)35-40-36(26-9-5-2-6-10-26)42-37(41-35)28-13-16-34-31(22-28)30-21-27(12-15-33(30)43-34)29-11-14-32(39-23-29)24-17-19-38-20-18-24/h1-23H. The van der Waals surface area contributed by atoms with Crippen LogP contribution in [0, 0.1) is 0 Å². The predicted octanol–water partition coefficient (Wildman–Crippen LogP) is 8.90. The van der Waals surface area contributed by atoms with Crippen molar-refractivity contribution in [3.63, 3.8) is 0 Å². The molecule has 0 aliphatic rings. The Labute approximate surface area is 247 Å². The summed E-state index contributed by atoms with van der Waals surface area (Å²) in [5.41, 5.74) is 8.43. The maximum atomic E-state index is 6.22. The molecule has 0 spiro atoms. The molecule has 8 rings (SSSR count). The van der Waals surface area contributed by atoms with Gasteiger partial charge in [-0.15, -0.1) is 0 Å². The Bertz CT molecular complexity index is 2150. The van der Waals surface area contributed by atoms with Crippen LogP contribution in [0.1, 0.15) is 0 Å². The quantitative estimate of drug-likeness (QED) is 0.212. The van der Waals surface area contributed by atoms with Gasteiger partial charge in [0.15, 0.2) is 17.5 Å². The highest BCUT2D eigenvalue weighted by molar-refractivity contribution is 6.07. The summed E-state index contributed by atoms with van der Waals surface area (Å²) >= 11 is 0. The fraction of sp³-hybridized carbons (Fsp3) is 0.